The second-order valence-corrected chi connectivity index (χ2v) is 8.00. The molecule has 1 aromatic carbocycles. The summed E-state index contributed by atoms with van der Waals surface area (Å²) in [7, 11) is 0. The number of benzene rings is 1. The lowest BCUT2D eigenvalue weighted by Gasteiger charge is -2.30. The number of hydrogen-bond acceptors (Lipinski definition) is 4. The lowest BCUT2D eigenvalue weighted by atomic mass is 10.1. The summed E-state index contributed by atoms with van der Waals surface area (Å²) < 4.78 is 13.2. The molecule has 0 spiro atoms. The fourth-order valence-corrected chi connectivity index (χ4v) is 3.94. The number of carboxylic acid groups (broad SMARTS) is 1. The predicted molar refractivity (Wildman–Crippen MR) is 111 cm³/mol. The molecule has 2 aliphatic rings. The minimum absolute atomic E-state index is 0.0000799. The van der Waals surface area contributed by atoms with Crippen LogP contribution in [0.5, 0.6) is 0 Å². The number of amides is 2. The van der Waals surface area contributed by atoms with E-state index in [9.17, 15) is 14.0 Å². The maximum absolute atomic E-state index is 13.2. The zero-order valence-electron chi connectivity index (χ0n) is 17.5. The van der Waals surface area contributed by atoms with Crippen LogP contribution < -0.4 is 10.6 Å². The minimum Gasteiger partial charge on any atom is -0.483 e. The van der Waals surface area contributed by atoms with Crippen LogP contribution in [-0.2, 0) is 20.8 Å². The third-order valence-corrected chi connectivity index (χ3v) is 5.57. The Bertz CT molecular complexity index is 711. The normalized spacial score (nSPS) is 20.7. The summed E-state index contributed by atoms with van der Waals surface area (Å²) in [5, 5.41) is 12.8. The number of rotatable bonds is 9. The molecule has 3 rings (SSSR count). The number of likely N-dealkylation sites (tertiary alicyclic amines) is 1. The topological polar surface area (TPSA) is 98.7 Å². The number of carbonyl (C=O) groups excluding carboxylic acids is 2. The summed E-state index contributed by atoms with van der Waals surface area (Å²) in [6.07, 6.45) is 5.69. The van der Waals surface area contributed by atoms with E-state index in [1.54, 1.807) is 13.0 Å². The molecule has 8 heteroatoms. The van der Waals surface area contributed by atoms with Gasteiger partial charge in [-0.3, -0.25) is 19.3 Å². The van der Waals surface area contributed by atoms with Gasteiger partial charge in [-0.25, -0.2) is 4.39 Å². The van der Waals surface area contributed by atoms with Gasteiger partial charge in [0.2, 0.25) is 11.8 Å². The van der Waals surface area contributed by atoms with Crippen LogP contribution in [-0.4, -0.2) is 60.0 Å². The van der Waals surface area contributed by atoms with Crippen molar-refractivity contribution in [2.24, 2.45) is 5.92 Å². The van der Waals surface area contributed by atoms with E-state index in [0.717, 1.165) is 30.9 Å². The van der Waals surface area contributed by atoms with Crippen molar-refractivity contribution < 1.29 is 23.9 Å². The summed E-state index contributed by atoms with van der Waals surface area (Å²) in [6, 6.07) is 7.07. The van der Waals surface area contributed by atoms with Gasteiger partial charge in [-0.2, -0.15) is 0 Å². The summed E-state index contributed by atoms with van der Waals surface area (Å²) in [6.45, 7) is 3.52. The molecule has 0 bridgehead atoms. The molecular formula is C22H32FN3O4. The smallest absolute Gasteiger partial charge is 0.290 e. The number of halogens is 1. The molecule has 3 N–H and O–H groups in total. The van der Waals surface area contributed by atoms with Crippen molar-refractivity contribution in [2.75, 3.05) is 19.6 Å². The van der Waals surface area contributed by atoms with Crippen LogP contribution in [0.1, 0.15) is 44.6 Å². The van der Waals surface area contributed by atoms with Crippen molar-refractivity contribution in [2.45, 2.75) is 57.5 Å². The second kappa shape index (κ2) is 12.3. The fraction of sp³-hybridized carbons (Fsp3) is 0.591. The van der Waals surface area contributed by atoms with Gasteiger partial charge in [-0.1, -0.05) is 12.1 Å². The van der Waals surface area contributed by atoms with Gasteiger partial charge in [0.1, 0.15) is 5.82 Å². The zero-order chi connectivity index (χ0) is 21.9. The molecule has 2 atom stereocenters. The molecule has 1 aliphatic heterocycles. The molecule has 0 radical (unpaired) electrons. The fourth-order valence-electron chi connectivity index (χ4n) is 3.94. The van der Waals surface area contributed by atoms with Crippen LogP contribution in [0.25, 0.3) is 0 Å². The molecule has 1 saturated heterocycles. The van der Waals surface area contributed by atoms with E-state index < -0.39 is 0 Å². The highest BCUT2D eigenvalue weighted by Crippen LogP contribution is 2.35. The Morgan fingerprint density at radius 3 is 2.53 bits per heavy atom. The van der Waals surface area contributed by atoms with Crippen LogP contribution in [0.3, 0.4) is 0 Å². The highest BCUT2D eigenvalue weighted by molar-refractivity contribution is 5.76. The first-order valence-corrected chi connectivity index (χ1v) is 10.5. The van der Waals surface area contributed by atoms with Gasteiger partial charge >= 0.3 is 0 Å². The molecule has 166 valence electrons. The molecular weight excluding hydrogens is 389 g/mol. The van der Waals surface area contributed by atoms with Gasteiger partial charge in [0, 0.05) is 45.1 Å². The largest absolute Gasteiger partial charge is 0.483 e. The van der Waals surface area contributed by atoms with E-state index in [1.807, 2.05) is 6.07 Å². The van der Waals surface area contributed by atoms with Gasteiger partial charge in [-0.05, 0) is 55.7 Å². The average molecular weight is 422 g/mol. The highest BCUT2D eigenvalue weighted by atomic mass is 19.1. The molecule has 2 amide bonds. The number of nitrogens with zero attached hydrogens (tertiary/aromatic N) is 1. The van der Waals surface area contributed by atoms with Crippen molar-refractivity contribution in [3.8, 4) is 0 Å². The molecule has 0 unspecified atom stereocenters. The number of hydrogen-bond donors (Lipinski definition) is 3. The lowest BCUT2D eigenvalue weighted by Crippen LogP contribution is -2.45. The molecule has 1 aromatic rings. The van der Waals surface area contributed by atoms with Crippen molar-refractivity contribution in [3.63, 3.8) is 0 Å². The van der Waals surface area contributed by atoms with E-state index in [0.29, 0.717) is 32.0 Å². The zero-order valence-corrected chi connectivity index (χ0v) is 17.5. The lowest BCUT2D eigenvalue weighted by molar-refractivity contribution is -0.123. The Labute approximate surface area is 177 Å². The van der Waals surface area contributed by atoms with Crippen LogP contribution in [0.15, 0.2) is 24.3 Å². The van der Waals surface area contributed by atoms with Crippen molar-refractivity contribution >= 4 is 18.3 Å². The third kappa shape index (κ3) is 8.49. The quantitative estimate of drug-likeness (QED) is 0.530. The van der Waals surface area contributed by atoms with Gasteiger partial charge in [-0.15, -0.1) is 0 Å². The van der Waals surface area contributed by atoms with Crippen LogP contribution in [0.4, 0.5) is 4.39 Å². The molecule has 1 heterocycles. The SMILES string of the molecule is CC(=O)NC[C@H]1CC[C@@H](CC(=O)NCCc2cccc(F)c2)N1CC1CC1.O=CO. The van der Waals surface area contributed by atoms with Crippen molar-refractivity contribution in [1.82, 2.24) is 15.5 Å². The molecule has 7 nitrogen and oxygen atoms in total. The van der Waals surface area contributed by atoms with Gasteiger partial charge < -0.3 is 15.7 Å². The maximum atomic E-state index is 13.2. The monoisotopic (exact) mass is 421 g/mol. The average Bonchev–Trinajstić information content (AvgIpc) is 3.43. The van der Waals surface area contributed by atoms with Crippen LogP contribution in [0.2, 0.25) is 0 Å². The minimum atomic E-state index is -0.250. The maximum Gasteiger partial charge on any atom is 0.290 e. The van der Waals surface area contributed by atoms with Gasteiger partial charge in [0.25, 0.3) is 6.47 Å². The van der Waals surface area contributed by atoms with E-state index in [-0.39, 0.29) is 30.1 Å². The predicted octanol–water partition coefficient (Wildman–Crippen LogP) is 1.95. The van der Waals surface area contributed by atoms with Crippen LogP contribution in [0, 0.1) is 11.7 Å². The first-order valence-electron chi connectivity index (χ1n) is 10.5. The molecule has 0 aromatic heterocycles. The van der Waals surface area contributed by atoms with E-state index in [4.69, 9.17) is 9.90 Å². The Balaban J connectivity index is 0.00000101. The number of nitrogens with one attached hydrogen (secondary N) is 2. The van der Waals surface area contributed by atoms with Crippen molar-refractivity contribution in [3.05, 3.63) is 35.6 Å². The molecule has 2 fully saturated rings. The Kier molecular flexibility index (Phi) is 9.73. The summed E-state index contributed by atoms with van der Waals surface area (Å²) in [4.78, 5) is 34.4. The summed E-state index contributed by atoms with van der Waals surface area (Å²) in [5.74, 6) is 0.560. The summed E-state index contributed by atoms with van der Waals surface area (Å²) in [5.41, 5.74) is 0.891. The first kappa shape index (κ1) is 23.8. The van der Waals surface area contributed by atoms with E-state index in [2.05, 4.69) is 15.5 Å². The third-order valence-electron chi connectivity index (χ3n) is 5.57. The Morgan fingerprint density at radius 1 is 1.20 bits per heavy atom. The molecule has 30 heavy (non-hydrogen) atoms. The Hall–Kier alpha value is -2.48. The first-order chi connectivity index (χ1) is 14.4. The second-order valence-electron chi connectivity index (χ2n) is 8.00. The molecule has 1 saturated carbocycles. The van der Waals surface area contributed by atoms with E-state index in [1.165, 1.54) is 25.0 Å². The summed E-state index contributed by atoms with van der Waals surface area (Å²) >= 11 is 0. The van der Waals surface area contributed by atoms with Gasteiger partial charge in [0.15, 0.2) is 0 Å². The highest BCUT2D eigenvalue weighted by Gasteiger charge is 2.37. The standard InChI is InChI=1S/C21H30FN3O2.CH2O2/c1-15(26)24-13-20-8-7-19(25(20)14-17-5-6-17)12-21(27)23-10-9-16-3-2-4-18(22)11-16;2-1-3/h2-4,11,17,19-20H,5-10,12-14H2,1H3,(H,23,27)(H,24,26);1H,(H,2,3)/t19-,20+;/m0./s1. The Morgan fingerprint density at radius 2 is 1.90 bits per heavy atom. The van der Waals surface area contributed by atoms with E-state index >= 15 is 0 Å². The van der Waals surface area contributed by atoms with Crippen LogP contribution >= 0.6 is 0 Å². The van der Waals surface area contributed by atoms with Crippen molar-refractivity contribution in [1.29, 1.82) is 0 Å². The molecule has 1 aliphatic carbocycles. The number of carbonyl (C=O) groups is 3. The van der Waals surface area contributed by atoms with Gasteiger partial charge in [0.05, 0.1) is 0 Å².